The summed E-state index contributed by atoms with van der Waals surface area (Å²) in [7, 11) is 3.03. The highest BCUT2D eigenvalue weighted by atomic mass is 16.8. The molecule has 2 fully saturated rings. The largest absolute Gasteiger partial charge is 0.480 e. The fourth-order valence-corrected chi connectivity index (χ4v) is 2.59. The van der Waals surface area contributed by atoms with Gasteiger partial charge in [0.25, 0.3) is 0 Å². The Morgan fingerprint density at radius 2 is 2.16 bits per heavy atom. The van der Waals surface area contributed by atoms with Crippen molar-refractivity contribution in [3.8, 4) is 0 Å². The highest BCUT2D eigenvalue weighted by molar-refractivity contribution is 6.23. The Labute approximate surface area is 112 Å². The third kappa shape index (κ3) is 3.46. The maximum Gasteiger partial charge on any atom is 0.395 e. The van der Waals surface area contributed by atoms with E-state index in [9.17, 15) is 4.79 Å². The van der Waals surface area contributed by atoms with Gasteiger partial charge in [-0.3, -0.25) is 0 Å². The molecule has 0 spiro atoms. The molecule has 2 aliphatic rings. The van der Waals surface area contributed by atoms with Crippen molar-refractivity contribution in [2.24, 2.45) is 0 Å². The summed E-state index contributed by atoms with van der Waals surface area (Å²) in [5, 5.41) is 11.8. The fourth-order valence-electron chi connectivity index (χ4n) is 2.59. The minimum atomic E-state index is -0.991. The van der Waals surface area contributed by atoms with Crippen LogP contribution < -0.4 is 5.23 Å². The number of hydrogen-bond acceptors (Lipinski definition) is 6. The lowest BCUT2D eigenvalue weighted by molar-refractivity contribution is -0.171. The molecular weight excluding hydrogens is 253 g/mol. The van der Waals surface area contributed by atoms with Crippen LogP contribution in [-0.2, 0) is 23.7 Å². The van der Waals surface area contributed by atoms with Gasteiger partial charge in [-0.15, -0.1) is 0 Å². The number of carboxylic acids is 1. The van der Waals surface area contributed by atoms with E-state index < -0.39 is 11.8 Å². The van der Waals surface area contributed by atoms with Gasteiger partial charge in [0, 0.05) is 13.2 Å². The molecule has 2 N–H and O–H groups in total. The first kappa shape index (κ1) is 14.7. The molecule has 1 radical (unpaired) electrons. The maximum absolute atomic E-state index is 10.6. The van der Waals surface area contributed by atoms with Crippen LogP contribution >= 0.6 is 0 Å². The first-order valence-corrected chi connectivity index (χ1v) is 6.22. The summed E-state index contributed by atoms with van der Waals surface area (Å²) in [6, 6.07) is -0.0227. The Hall–Kier alpha value is -0.665. The number of nitrogens with one attached hydrogen (secondary N) is 1. The van der Waals surface area contributed by atoms with E-state index in [0.717, 1.165) is 0 Å². The molecule has 0 amide bonds. The van der Waals surface area contributed by atoms with Gasteiger partial charge in [0.1, 0.15) is 18.8 Å². The van der Waals surface area contributed by atoms with Crippen LogP contribution in [-0.4, -0.2) is 62.6 Å². The predicted molar refractivity (Wildman–Crippen MR) is 65.5 cm³/mol. The van der Waals surface area contributed by atoms with Gasteiger partial charge in [0.15, 0.2) is 5.79 Å². The highest BCUT2D eigenvalue weighted by Crippen LogP contribution is 2.39. The number of carboxylic acid groups (broad SMARTS) is 1. The molecular formula is C11H19BNO6. The van der Waals surface area contributed by atoms with E-state index in [1.807, 2.05) is 13.8 Å². The summed E-state index contributed by atoms with van der Waals surface area (Å²) < 4.78 is 21.9. The lowest BCUT2D eigenvalue weighted by Crippen LogP contribution is -2.42. The molecule has 1 saturated carbocycles. The zero-order valence-electron chi connectivity index (χ0n) is 11.3. The molecule has 4 atom stereocenters. The molecule has 0 bridgehead atoms. The number of hydrogen-bond donors (Lipinski definition) is 2. The zero-order valence-corrected chi connectivity index (χ0v) is 11.3. The molecule has 2 rings (SSSR count). The summed E-state index contributed by atoms with van der Waals surface area (Å²) in [6.07, 6.45) is -0.138. The number of aliphatic carboxylic acids is 1. The Morgan fingerprint density at radius 3 is 2.79 bits per heavy atom. The predicted octanol–water partition coefficient (Wildman–Crippen LogP) is -0.481. The molecule has 7 nitrogen and oxygen atoms in total. The topological polar surface area (TPSA) is 86.3 Å². The van der Waals surface area contributed by atoms with Gasteiger partial charge >= 0.3 is 13.6 Å². The number of fused-ring (bicyclic) bond motifs is 1. The second kappa shape index (κ2) is 5.76. The Balaban J connectivity index is 1.99. The third-order valence-electron chi connectivity index (χ3n) is 3.23. The van der Waals surface area contributed by atoms with Crippen molar-refractivity contribution in [1.29, 1.82) is 0 Å². The van der Waals surface area contributed by atoms with E-state index in [0.29, 0.717) is 6.42 Å². The van der Waals surface area contributed by atoms with Gasteiger partial charge < -0.3 is 29.2 Å². The van der Waals surface area contributed by atoms with Crippen LogP contribution in [0.25, 0.3) is 0 Å². The lowest BCUT2D eigenvalue weighted by atomic mass is 10.1. The SMILES string of the molecule is CO[B]N[C@@H]1C[C@H](OCC(=O)O)[C@H]2OC(C)(C)O[C@H]21. The minimum Gasteiger partial charge on any atom is -0.480 e. The molecule has 107 valence electrons. The van der Waals surface area contributed by atoms with Gasteiger partial charge in [-0.25, -0.2) is 4.79 Å². The van der Waals surface area contributed by atoms with Crippen molar-refractivity contribution in [1.82, 2.24) is 5.23 Å². The van der Waals surface area contributed by atoms with Crippen LogP contribution in [0.3, 0.4) is 0 Å². The van der Waals surface area contributed by atoms with E-state index >= 15 is 0 Å². The van der Waals surface area contributed by atoms with Gasteiger partial charge in [0.05, 0.1) is 6.10 Å². The average molecular weight is 272 g/mol. The molecule has 0 aromatic heterocycles. The summed E-state index contributed by atoms with van der Waals surface area (Å²) in [4.78, 5) is 10.6. The second-order valence-corrected chi connectivity index (χ2v) is 5.17. The summed E-state index contributed by atoms with van der Waals surface area (Å²) >= 11 is 0. The van der Waals surface area contributed by atoms with Gasteiger partial charge in [0.2, 0.25) is 0 Å². The average Bonchev–Trinajstić information content (AvgIpc) is 2.78. The van der Waals surface area contributed by atoms with Crippen molar-refractivity contribution in [3.05, 3.63) is 0 Å². The maximum atomic E-state index is 10.6. The molecule has 19 heavy (non-hydrogen) atoms. The monoisotopic (exact) mass is 272 g/mol. The molecule has 0 aromatic carbocycles. The lowest BCUT2D eigenvalue weighted by Gasteiger charge is -2.23. The van der Waals surface area contributed by atoms with Crippen molar-refractivity contribution >= 4 is 13.6 Å². The molecule has 0 aromatic rings. The quantitative estimate of drug-likeness (QED) is 0.631. The first-order chi connectivity index (χ1) is 8.93. The van der Waals surface area contributed by atoms with E-state index in [2.05, 4.69) is 5.23 Å². The Morgan fingerprint density at radius 1 is 1.47 bits per heavy atom. The Bertz CT molecular complexity index is 339. The van der Waals surface area contributed by atoms with E-state index in [4.69, 9.17) is 24.0 Å². The Kier molecular flexibility index (Phi) is 4.47. The van der Waals surface area contributed by atoms with Crippen LogP contribution in [0.5, 0.6) is 0 Å². The minimum absolute atomic E-state index is 0.0227. The molecule has 1 heterocycles. The van der Waals surface area contributed by atoms with Crippen LogP contribution in [0, 0.1) is 0 Å². The molecule has 8 heteroatoms. The van der Waals surface area contributed by atoms with Crippen molar-refractivity contribution in [3.63, 3.8) is 0 Å². The molecule has 1 saturated heterocycles. The van der Waals surface area contributed by atoms with Crippen molar-refractivity contribution in [2.75, 3.05) is 13.7 Å². The molecule has 0 unspecified atom stereocenters. The van der Waals surface area contributed by atoms with E-state index in [1.54, 1.807) is 7.11 Å². The standard InChI is InChI=1S/C11H19BNO6/c1-11(2)18-9-6(13-12-16-3)4-7(10(9)19-11)17-5-8(14)15/h6-7,9-10,13H,4-5H2,1-3H3,(H,14,15)/t6-,7+,9+,10-/m1/s1. The van der Waals surface area contributed by atoms with Crippen molar-refractivity contribution < 1.29 is 28.8 Å². The highest BCUT2D eigenvalue weighted by Gasteiger charge is 2.54. The van der Waals surface area contributed by atoms with Crippen LogP contribution in [0.15, 0.2) is 0 Å². The summed E-state index contributed by atoms with van der Waals surface area (Å²) in [6.45, 7) is 3.33. The number of carbonyl (C=O) groups is 1. The van der Waals surface area contributed by atoms with Gasteiger partial charge in [-0.2, -0.15) is 0 Å². The third-order valence-corrected chi connectivity index (χ3v) is 3.23. The van der Waals surface area contributed by atoms with Crippen LogP contribution in [0.1, 0.15) is 20.3 Å². The zero-order chi connectivity index (χ0) is 14.0. The van der Waals surface area contributed by atoms with Gasteiger partial charge in [-0.05, 0) is 20.3 Å². The number of rotatable bonds is 6. The summed E-state index contributed by atoms with van der Waals surface area (Å²) in [5.74, 6) is -1.68. The van der Waals surface area contributed by atoms with Crippen LogP contribution in [0.2, 0.25) is 0 Å². The smallest absolute Gasteiger partial charge is 0.395 e. The first-order valence-electron chi connectivity index (χ1n) is 6.22. The van der Waals surface area contributed by atoms with Crippen molar-refractivity contribution in [2.45, 2.75) is 50.4 Å². The molecule has 1 aliphatic carbocycles. The van der Waals surface area contributed by atoms with Gasteiger partial charge in [-0.1, -0.05) is 0 Å². The van der Waals surface area contributed by atoms with E-state index in [1.165, 1.54) is 7.62 Å². The molecule has 1 aliphatic heterocycles. The second-order valence-electron chi connectivity index (χ2n) is 5.17. The normalized spacial score (nSPS) is 36.2. The summed E-state index contributed by atoms with van der Waals surface area (Å²) in [5.41, 5.74) is 0. The van der Waals surface area contributed by atoms with E-state index in [-0.39, 0.29) is 31.0 Å². The van der Waals surface area contributed by atoms with Crippen LogP contribution in [0.4, 0.5) is 0 Å². The number of ether oxygens (including phenoxy) is 3. The fraction of sp³-hybridized carbons (Fsp3) is 0.909.